The van der Waals surface area contributed by atoms with E-state index >= 15 is 0 Å². The van der Waals surface area contributed by atoms with Gasteiger partial charge in [0.05, 0.1) is 6.54 Å². The molecule has 0 aromatic heterocycles. The van der Waals surface area contributed by atoms with Gasteiger partial charge in [0, 0.05) is 6.04 Å². The zero-order chi connectivity index (χ0) is 13.8. The van der Waals surface area contributed by atoms with Crippen molar-refractivity contribution in [1.29, 1.82) is 0 Å². The van der Waals surface area contributed by atoms with Gasteiger partial charge in [0.25, 0.3) is 12.3 Å². The molecule has 1 aliphatic rings. The highest BCUT2D eigenvalue weighted by atomic mass is 19.3. The second-order valence-electron chi connectivity index (χ2n) is 4.77. The third-order valence-electron chi connectivity index (χ3n) is 3.03. The van der Waals surface area contributed by atoms with Crippen LogP contribution in [0.4, 0.5) is 8.78 Å². The summed E-state index contributed by atoms with van der Waals surface area (Å²) in [4.78, 5) is 13.1. The number of ether oxygens (including phenoxy) is 1. The number of carbonyl (C=O) groups is 1. The number of alkyl halides is 2. The topological polar surface area (TPSA) is 29.5 Å². The maximum absolute atomic E-state index is 12.4. The molecule has 0 N–H and O–H groups in total. The molecule has 1 fully saturated rings. The summed E-state index contributed by atoms with van der Waals surface area (Å²) in [5, 5.41) is 0. The molecule has 0 aliphatic heterocycles. The van der Waals surface area contributed by atoms with E-state index in [0.29, 0.717) is 5.75 Å². The quantitative estimate of drug-likeness (QED) is 0.794. The van der Waals surface area contributed by atoms with E-state index in [1.165, 1.54) is 4.90 Å². The van der Waals surface area contributed by atoms with Crippen LogP contribution in [0.15, 0.2) is 24.3 Å². The number of carbonyl (C=O) groups excluding carboxylic acids is 1. The largest absolute Gasteiger partial charge is 0.484 e. The number of benzene rings is 1. The van der Waals surface area contributed by atoms with Crippen molar-refractivity contribution in [2.45, 2.75) is 32.2 Å². The SMILES string of the molecule is Cc1ccc(OCC(=O)N(CC(F)F)C2CC2)cc1. The van der Waals surface area contributed by atoms with Crippen LogP contribution in [0.3, 0.4) is 0 Å². The minimum absolute atomic E-state index is 0.0249. The standard InChI is InChI=1S/C14H17F2NO2/c1-10-2-6-12(7-3-10)19-9-14(18)17(8-13(15)16)11-4-5-11/h2-3,6-7,11,13H,4-5,8-9H2,1H3. The summed E-state index contributed by atoms with van der Waals surface area (Å²) < 4.78 is 30.1. The van der Waals surface area contributed by atoms with E-state index < -0.39 is 13.0 Å². The first kappa shape index (κ1) is 13.8. The molecule has 0 radical (unpaired) electrons. The Labute approximate surface area is 111 Å². The predicted octanol–water partition coefficient (Wildman–Crippen LogP) is 2.63. The van der Waals surface area contributed by atoms with Crippen LogP contribution in [0.25, 0.3) is 0 Å². The maximum atomic E-state index is 12.4. The van der Waals surface area contributed by atoms with E-state index in [1.54, 1.807) is 12.1 Å². The van der Waals surface area contributed by atoms with Crippen LogP contribution in [0.2, 0.25) is 0 Å². The van der Waals surface area contributed by atoms with Gasteiger partial charge in [-0.25, -0.2) is 8.78 Å². The summed E-state index contributed by atoms with van der Waals surface area (Å²) in [6, 6.07) is 7.24. The average Bonchev–Trinajstić information content (AvgIpc) is 3.19. The maximum Gasteiger partial charge on any atom is 0.260 e. The monoisotopic (exact) mass is 269 g/mol. The van der Waals surface area contributed by atoms with Gasteiger partial charge in [-0.2, -0.15) is 0 Å². The van der Waals surface area contributed by atoms with Gasteiger partial charge >= 0.3 is 0 Å². The van der Waals surface area contributed by atoms with Crippen LogP contribution >= 0.6 is 0 Å². The Morgan fingerprint density at radius 1 is 1.37 bits per heavy atom. The first-order chi connectivity index (χ1) is 9.06. The zero-order valence-electron chi connectivity index (χ0n) is 10.8. The summed E-state index contributed by atoms with van der Waals surface area (Å²) >= 11 is 0. The van der Waals surface area contributed by atoms with Gasteiger partial charge in [-0.1, -0.05) is 17.7 Å². The van der Waals surface area contributed by atoms with Gasteiger partial charge in [0.15, 0.2) is 6.61 Å². The molecule has 5 heteroatoms. The lowest BCUT2D eigenvalue weighted by Crippen LogP contribution is -2.39. The summed E-state index contributed by atoms with van der Waals surface area (Å²) in [7, 11) is 0. The summed E-state index contributed by atoms with van der Waals surface area (Å²) in [6.45, 7) is 1.26. The molecule has 3 nitrogen and oxygen atoms in total. The molecule has 1 aromatic rings. The minimum atomic E-state index is -2.50. The molecule has 1 saturated carbocycles. The van der Waals surface area contributed by atoms with E-state index in [-0.39, 0.29) is 18.6 Å². The van der Waals surface area contributed by atoms with E-state index in [4.69, 9.17) is 4.74 Å². The summed E-state index contributed by atoms with van der Waals surface area (Å²) in [5.41, 5.74) is 1.09. The fourth-order valence-electron chi connectivity index (χ4n) is 1.85. The summed E-state index contributed by atoms with van der Waals surface area (Å²) in [6.07, 6.45) is -0.879. The van der Waals surface area contributed by atoms with Crippen LogP contribution in [0.5, 0.6) is 5.75 Å². The third-order valence-corrected chi connectivity index (χ3v) is 3.03. The summed E-state index contributed by atoms with van der Waals surface area (Å²) in [5.74, 6) is 0.204. The van der Waals surface area contributed by atoms with Crippen molar-refractivity contribution < 1.29 is 18.3 Å². The molecule has 1 aliphatic carbocycles. The Hall–Kier alpha value is -1.65. The van der Waals surface area contributed by atoms with E-state index in [9.17, 15) is 13.6 Å². The molecule has 2 rings (SSSR count). The second kappa shape index (κ2) is 5.99. The molecule has 0 saturated heterocycles. The van der Waals surface area contributed by atoms with Gasteiger partial charge < -0.3 is 9.64 Å². The Kier molecular flexibility index (Phi) is 4.35. The lowest BCUT2D eigenvalue weighted by atomic mass is 10.2. The Morgan fingerprint density at radius 3 is 2.53 bits per heavy atom. The van der Waals surface area contributed by atoms with Crippen LogP contribution in [-0.2, 0) is 4.79 Å². The number of hydrogen-bond acceptors (Lipinski definition) is 2. The number of hydrogen-bond donors (Lipinski definition) is 0. The van der Waals surface area contributed by atoms with Crippen LogP contribution in [0, 0.1) is 6.92 Å². The lowest BCUT2D eigenvalue weighted by molar-refractivity contribution is -0.136. The van der Waals surface area contributed by atoms with Crippen molar-refractivity contribution in [2.75, 3.05) is 13.2 Å². The molecule has 0 bridgehead atoms. The predicted molar refractivity (Wildman–Crippen MR) is 67.4 cm³/mol. The fourth-order valence-corrected chi connectivity index (χ4v) is 1.85. The highest BCUT2D eigenvalue weighted by molar-refractivity contribution is 5.78. The van der Waals surface area contributed by atoms with Crippen molar-refractivity contribution in [3.05, 3.63) is 29.8 Å². The van der Waals surface area contributed by atoms with Crippen molar-refractivity contribution in [3.63, 3.8) is 0 Å². The first-order valence-electron chi connectivity index (χ1n) is 6.33. The van der Waals surface area contributed by atoms with Crippen LogP contribution in [0.1, 0.15) is 18.4 Å². The van der Waals surface area contributed by atoms with E-state index in [1.807, 2.05) is 19.1 Å². The molecule has 0 heterocycles. The van der Waals surface area contributed by atoms with Gasteiger partial charge in [0.2, 0.25) is 0 Å². The Balaban J connectivity index is 1.86. The molecular formula is C14H17F2NO2. The van der Waals surface area contributed by atoms with Gasteiger partial charge in [-0.05, 0) is 31.9 Å². The fraction of sp³-hybridized carbons (Fsp3) is 0.500. The highest BCUT2D eigenvalue weighted by Crippen LogP contribution is 2.27. The number of nitrogens with zero attached hydrogens (tertiary/aromatic N) is 1. The Bertz CT molecular complexity index is 430. The third kappa shape index (κ3) is 4.19. The number of amides is 1. The molecule has 1 aromatic carbocycles. The highest BCUT2D eigenvalue weighted by Gasteiger charge is 2.34. The molecular weight excluding hydrogens is 252 g/mol. The van der Waals surface area contributed by atoms with E-state index in [2.05, 4.69) is 0 Å². The molecule has 104 valence electrons. The normalized spacial score (nSPS) is 14.5. The average molecular weight is 269 g/mol. The van der Waals surface area contributed by atoms with Crippen LogP contribution in [-0.4, -0.2) is 36.4 Å². The van der Waals surface area contributed by atoms with Crippen LogP contribution < -0.4 is 4.74 Å². The molecule has 0 unspecified atom stereocenters. The van der Waals surface area contributed by atoms with Crippen molar-refractivity contribution in [3.8, 4) is 5.75 Å². The van der Waals surface area contributed by atoms with Crippen molar-refractivity contribution in [1.82, 2.24) is 4.90 Å². The molecule has 19 heavy (non-hydrogen) atoms. The number of rotatable bonds is 6. The van der Waals surface area contributed by atoms with E-state index in [0.717, 1.165) is 18.4 Å². The molecule has 1 amide bonds. The van der Waals surface area contributed by atoms with Gasteiger partial charge in [-0.15, -0.1) is 0 Å². The minimum Gasteiger partial charge on any atom is -0.484 e. The number of halogens is 2. The van der Waals surface area contributed by atoms with Crippen molar-refractivity contribution >= 4 is 5.91 Å². The molecule has 0 spiro atoms. The lowest BCUT2D eigenvalue weighted by Gasteiger charge is -2.21. The number of aryl methyl sites for hydroxylation is 1. The zero-order valence-corrected chi connectivity index (χ0v) is 10.8. The van der Waals surface area contributed by atoms with Crippen molar-refractivity contribution in [2.24, 2.45) is 0 Å². The Morgan fingerprint density at radius 2 is 2.00 bits per heavy atom. The second-order valence-corrected chi connectivity index (χ2v) is 4.77. The van der Waals surface area contributed by atoms with Gasteiger partial charge in [-0.3, -0.25) is 4.79 Å². The van der Waals surface area contributed by atoms with Gasteiger partial charge in [0.1, 0.15) is 5.75 Å². The molecule has 0 atom stereocenters. The smallest absolute Gasteiger partial charge is 0.260 e. The first-order valence-corrected chi connectivity index (χ1v) is 6.33.